The van der Waals surface area contributed by atoms with Gasteiger partial charge in [0.1, 0.15) is 0 Å². The van der Waals surface area contributed by atoms with Gasteiger partial charge in [-0.15, -0.1) is 0 Å². The Morgan fingerprint density at radius 2 is 1.97 bits per heavy atom. The van der Waals surface area contributed by atoms with E-state index >= 15 is 0 Å². The van der Waals surface area contributed by atoms with Crippen LogP contribution in [0.3, 0.4) is 0 Å². The number of hydrogen-bond acceptors (Lipinski definition) is 5. The first-order valence-corrected chi connectivity index (χ1v) is 12.5. The molecule has 176 valence electrons. The summed E-state index contributed by atoms with van der Waals surface area (Å²) in [5, 5.41) is 9.73. The van der Waals surface area contributed by atoms with E-state index in [4.69, 9.17) is 9.84 Å². The van der Waals surface area contributed by atoms with Crippen LogP contribution in [-0.4, -0.2) is 56.7 Å². The SMILES string of the molecule is CC(=O)N1CCc2c(c(N3CCCc4cc(-c5cnn(C6CC6)c5)ccc43)nn2C2COC2)C1. The standard InChI is InChI=1S/C26H30N6O2/c1-17(33)29-10-8-25-23(14-29)26(28-32(25)22-15-34-16-22)30-9-2-3-19-11-18(4-7-24(19)30)20-12-27-31(13-20)21-5-6-21/h4,7,11-13,21-22H,2-3,5-6,8-10,14-16H2,1H3. The van der Waals surface area contributed by atoms with Gasteiger partial charge in [-0.1, -0.05) is 6.07 Å². The van der Waals surface area contributed by atoms with Crippen molar-refractivity contribution in [2.45, 2.75) is 57.7 Å². The van der Waals surface area contributed by atoms with Crippen molar-refractivity contribution in [3.05, 3.63) is 47.4 Å². The highest BCUT2D eigenvalue weighted by molar-refractivity contribution is 5.76. The topological polar surface area (TPSA) is 68.4 Å². The van der Waals surface area contributed by atoms with Gasteiger partial charge in [0.2, 0.25) is 5.91 Å². The number of aryl methyl sites for hydroxylation is 1. The van der Waals surface area contributed by atoms with E-state index in [9.17, 15) is 4.79 Å². The van der Waals surface area contributed by atoms with Crippen molar-refractivity contribution in [1.82, 2.24) is 24.5 Å². The van der Waals surface area contributed by atoms with Crippen LogP contribution in [0, 0.1) is 0 Å². The number of carbonyl (C=O) groups is 1. The number of aromatic nitrogens is 4. The molecule has 2 fully saturated rings. The number of carbonyl (C=O) groups excluding carboxylic acids is 1. The molecule has 1 amide bonds. The van der Waals surface area contributed by atoms with E-state index in [1.807, 2.05) is 11.1 Å². The number of anilines is 2. The van der Waals surface area contributed by atoms with Crippen LogP contribution in [0.5, 0.6) is 0 Å². The lowest BCUT2D eigenvalue weighted by Crippen LogP contribution is -2.37. The minimum atomic E-state index is 0.131. The Bertz CT molecular complexity index is 1270. The number of nitrogens with zero attached hydrogens (tertiary/aromatic N) is 6. The van der Waals surface area contributed by atoms with Gasteiger partial charge in [-0.3, -0.25) is 14.2 Å². The van der Waals surface area contributed by atoms with Crippen molar-refractivity contribution in [3.63, 3.8) is 0 Å². The summed E-state index contributed by atoms with van der Waals surface area (Å²) in [5.41, 5.74) is 7.50. The summed E-state index contributed by atoms with van der Waals surface area (Å²) in [6.45, 7) is 5.44. The Morgan fingerprint density at radius 1 is 1.09 bits per heavy atom. The van der Waals surface area contributed by atoms with E-state index in [2.05, 4.69) is 43.8 Å². The molecular weight excluding hydrogens is 428 g/mol. The minimum Gasteiger partial charge on any atom is -0.377 e. The molecule has 1 aromatic carbocycles. The van der Waals surface area contributed by atoms with Crippen molar-refractivity contribution in [2.75, 3.05) is 31.2 Å². The maximum atomic E-state index is 12.2. The molecule has 1 aliphatic carbocycles. The molecule has 8 nitrogen and oxygen atoms in total. The average molecular weight is 459 g/mol. The Labute approximate surface area is 199 Å². The first-order valence-electron chi connectivity index (χ1n) is 12.5. The van der Waals surface area contributed by atoms with Crippen molar-refractivity contribution >= 4 is 17.4 Å². The van der Waals surface area contributed by atoms with Crippen molar-refractivity contribution in [1.29, 1.82) is 0 Å². The molecule has 0 bridgehead atoms. The fraction of sp³-hybridized carbons (Fsp3) is 0.500. The fourth-order valence-corrected chi connectivity index (χ4v) is 5.60. The number of benzene rings is 1. The number of ether oxygens (including phenoxy) is 1. The van der Waals surface area contributed by atoms with Gasteiger partial charge in [0.05, 0.1) is 38.0 Å². The molecule has 8 heteroatoms. The fourth-order valence-electron chi connectivity index (χ4n) is 5.60. The molecule has 3 aliphatic heterocycles. The lowest BCUT2D eigenvalue weighted by molar-refractivity contribution is -0.129. The molecule has 7 rings (SSSR count). The number of fused-ring (bicyclic) bond motifs is 2. The third-order valence-electron chi connectivity index (χ3n) is 7.79. The molecule has 34 heavy (non-hydrogen) atoms. The molecule has 0 N–H and O–H groups in total. The van der Waals surface area contributed by atoms with E-state index in [-0.39, 0.29) is 5.91 Å². The van der Waals surface area contributed by atoms with E-state index in [1.54, 1.807) is 6.92 Å². The summed E-state index contributed by atoms with van der Waals surface area (Å²) in [4.78, 5) is 16.5. The van der Waals surface area contributed by atoms with Crippen LogP contribution in [-0.2, 0) is 28.9 Å². The molecule has 0 spiro atoms. The molecule has 0 atom stereocenters. The first kappa shape index (κ1) is 20.3. The molecule has 0 radical (unpaired) electrons. The maximum Gasteiger partial charge on any atom is 0.219 e. The van der Waals surface area contributed by atoms with Gasteiger partial charge in [0.25, 0.3) is 0 Å². The Kier molecular flexibility index (Phi) is 4.59. The third-order valence-corrected chi connectivity index (χ3v) is 7.79. The molecule has 2 aromatic heterocycles. The van der Waals surface area contributed by atoms with Gasteiger partial charge in [-0.05, 0) is 48.9 Å². The smallest absolute Gasteiger partial charge is 0.219 e. The summed E-state index contributed by atoms with van der Waals surface area (Å²) in [5.74, 6) is 1.15. The first-order chi connectivity index (χ1) is 16.7. The van der Waals surface area contributed by atoms with Crippen LogP contribution in [0.2, 0.25) is 0 Å². The largest absolute Gasteiger partial charge is 0.377 e. The van der Waals surface area contributed by atoms with Gasteiger partial charge in [-0.2, -0.15) is 10.2 Å². The molecule has 1 saturated heterocycles. The van der Waals surface area contributed by atoms with Gasteiger partial charge in [0, 0.05) is 55.1 Å². The summed E-state index contributed by atoms with van der Waals surface area (Å²) in [7, 11) is 0. The van der Waals surface area contributed by atoms with E-state index < -0.39 is 0 Å². The Morgan fingerprint density at radius 3 is 2.74 bits per heavy atom. The van der Waals surface area contributed by atoms with E-state index in [0.717, 1.165) is 51.4 Å². The minimum absolute atomic E-state index is 0.131. The molecule has 3 aromatic rings. The Balaban J connectivity index is 1.26. The second-order valence-corrected chi connectivity index (χ2v) is 10.1. The maximum absolute atomic E-state index is 12.2. The van der Waals surface area contributed by atoms with Crippen LogP contribution in [0.4, 0.5) is 11.5 Å². The highest BCUT2D eigenvalue weighted by Gasteiger charge is 2.34. The van der Waals surface area contributed by atoms with Crippen LogP contribution < -0.4 is 4.90 Å². The summed E-state index contributed by atoms with van der Waals surface area (Å²) in [6.07, 6.45) is 9.67. The Hall–Kier alpha value is -3.13. The van der Waals surface area contributed by atoms with Gasteiger partial charge >= 0.3 is 0 Å². The van der Waals surface area contributed by atoms with Crippen LogP contribution in [0.15, 0.2) is 30.6 Å². The zero-order valence-corrected chi connectivity index (χ0v) is 19.6. The van der Waals surface area contributed by atoms with Gasteiger partial charge < -0.3 is 14.5 Å². The average Bonchev–Trinajstić information content (AvgIpc) is 3.44. The van der Waals surface area contributed by atoms with Crippen molar-refractivity contribution in [2.24, 2.45) is 0 Å². The molecule has 5 heterocycles. The molecule has 1 saturated carbocycles. The second-order valence-electron chi connectivity index (χ2n) is 10.1. The summed E-state index contributed by atoms with van der Waals surface area (Å²) < 4.78 is 9.79. The van der Waals surface area contributed by atoms with Crippen molar-refractivity contribution < 1.29 is 9.53 Å². The molecular formula is C26H30N6O2. The van der Waals surface area contributed by atoms with Gasteiger partial charge in [0.15, 0.2) is 5.82 Å². The third kappa shape index (κ3) is 3.27. The highest BCUT2D eigenvalue weighted by atomic mass is 16.5. The van der Waals surface area contributed by atoms with Crippen LogP contribution in [0.1, 0.15) is 55.1 Å². The predicted molar refractivity (Wildman–Crippen MR) is 128 cm³/mol. The lowest BCUT2D eigenvalue weighted by Gasteiger charge is -2.33. The highest BCUT2D eigenvalue weighted by Crippen LogP contribution is 2.41. The van der Waals surface area contributed by atoms with E-state index in [1.165, 1.54) is 46.5 Å². The summed E-state index contributed by atoms with van der Waals surface area (Å²) >= 11 is 0. The second kappa shape index (κ2) is 7.70. The van der Waals surface area contributed by atoms with E-state index in [0.29, 0.717) is 18.6 Å². The summed E-state index contributed by atoms with van der Waals surface area (Å²) in [6, 6.07) is 7.71. The monoisotopic (exact) mass is 458 g/mol. The number of amides is 1. The zero-order valence-electron chi connectivity index (χ0n) is 19.6. The number of hydrogen-bond donors (Lipinski definition) is 0. The van der Waals surface area contributed by atoms with Crippen molar-refractivity contribution in [3.8, 4) is 11.1 Å². The quantitative estimate of drug-likeness (QED) is 0.597. The van der Waals surface area contributed by atoms with Crippen LogP contribution >= 0.6 is 0 Å². The number of rotatable bonds is 4. The predicted octanol–water partition coefficient (Wildman–Crippen LogP) is 3.64. The molecule has 4 aliphatic rings. The zero-order chi connectivity index (χ0) is 22.8. The lowest BCUT2D eigenvalue weighted by atomic mass is 9.96. The van der Waals surface area contributed by atoms with Gasteiger partial charge in [-0.25, -0.2) is 0 Å². The van der Waals surface area contributed by atoms with Crippen LogP contribution in [0.25, 0.3) is 11.1 Å². The normalized spacial score (nSPS) is 20.1. The molecule has 0 unspecified atom stereocenters.